The zero-order valence-corrected chi connectivity index (χ0v) is 17.3. The fourth-order valence-corrected chi connectivity index (χ4v) is 4.12. The second-order valence-electron chi connectivity index (χ2n) is 8.25. The summed E-state index contributed by atoms with van der Waals surface area (Å²) in [4.78, 5) is 14.7. The highest BCUT2D eigenvalue weighted by Gasteiger charge is 2.16. The normalized spacial score (nSPS) is 15.8. The number of imidazole rings is 1. The molecule has 154 valence electrons. The number of unbranched alkanes of at least 4 members (excludes halogenated alkanes) is 1. The lowest BCUT2D eigenvalue weighted by atomic mass is 9.92. The highest BCUT2D eigenvalue weighted by molar-refractivity contribution is 5.82. The van der Waals surface area contributed by atoms with Gasteiger partial charge in [-0.2, -0.15) is 0 Å². The van der Waals surface area contributed by atoms with E-state index in [4.69, 9.17) is 0 Å². The number of aromatic amines is 1. The van der Waals surface area contributed by atoms with E-state index in [1.165, 1.54) is 44.8 Å². The third-order valence-electron chi connectivity index (χ3n) is 6.06. The van der Waals surface area contributed by atoms with Crippen molar-refractivity contribution in [2.24, 2.45) is 5.92 Å². The van der Waals surface area contributed by atoms with E-state index in [-0.39, 0.29) is 5.82 Å². The van der Waals surface area contributed by atoms with Gasteiger partial charge in [0.15, 0.2) is 0 Å². The van der Waals surface area contributed by atoms with Crippen molar-refractivity contribution in [3.8, 4) is 11.4 Å². The van der Waals surface area contributed by atoms with Crippen LogP contribution in [0.3, 0.4) is 0 Å². The Morgan fingerprint density at radius 2 is 2.03 bits per heavy atom. The first-order chi connectivity index (χ1) is 14.1. The Balaban J connectivity index is 1.31. The molecule has 29 heavy (non-hydrogen) atoms. The van der Waals surface area contributed by atoms with Gasteiger partial charge in [-0.15, -0.1) is 0 Å². The first kappa shape index (κ1) is 19.8. The number of rotatable bonds is 7. The van der Waals surface area contributed by atoms with Gasteiger partial charge in [-0.05, 0) is 76.5 Å². The number of piperidine rings is 1. The van der Waals surface area contributed by atoms with Crippen LogP contribution in [0.4, 0.5) is 10.2 Å². The van der Waals surface area contributed by atoms with Crippen molar-refractivity contribution < 1.29 is 4.39 Å². The average Bonchev–Trinajstić information content (AvgIpc) is 3.17. The molecule has 0 atom stereocenters. The van der Waals surface area contributed by atoms with Crippen LogP contribution < -0.4 is 5.32 Å². The number of likely N-dealkylation sites (tertiary alicyclic amines) is 1. The maximum absolute atomic E-state index is 13.8. The number of aryl methyl sites for hydroxylation is 1. The van der Waals surface area contributed by atoms with Crippen LogP contribution in [0.25, 0.3) is 22.4 Å². The molecule has 1 fully saturated rings. The Bertz CT molecular complexity index is 959. The molecule has 0 saturated carbocycles. The lowest BCUT2D eigenvalue weighted by Gasteiger charge is -2.28. The third kappa shape index (κ3) is 4.75. The van der Waals surface area contributed by atoms with Crippen molar-refractivity contribution in [2.45, 2.75) is 39.0 Å². The summed E-state index contributed by atoms with van der Waals surface area (Å²) in [6, 6.07) is 7.14. The number of fused-ring (bicyclic) bond motifs is 1. The van der Waals surface area contributed by atoms with E-state index >= 15 is 0 Å². The van der Waals surface area contributed by atoms with Crippen LogP contribution in [0.5, 0.6) is 0 Å². The molecule has 5 nitrogen and oxygen atoms in total. The fraction of sp³-hybridized carbons (Fsp3) is 0.478. The minimum absolute atomic E-state index is 0.229. The van der Waals surface area contributed by atoms with Gasteiger partial charge >= 0.3 is 0 Å². The zero-order chi connectivity index (χ0) is 20.2. The van der Waals surface area contributed by atoms with Gasteiger partial charge in [-0.3, -0.25) is 0 Å². The number of benzene rings is 1. The minimum atomic E-state index is -0.229. The number of anilines is 1. The number of pyridine rings is 1. The monoisotopic (exact) mass is 395 g/mol. The molecule has 0 bridgehead atoms. The lowest BCUT2D eigenvalue weighted by Crippen LogP contribution is -2.30. The van der Waals surface area contributed by atoms with Crippen LogP contribution in [0.1, 0.15) is 37.7 Å². The number of hydrogen-bond donors (Lipinski definition) is 2. The first-order valence-corrected chi connectivity index (χ1v) is 10.6. The summed E-state index contributed by atoms with van der Waals surface area (Å²) in [6.45, 7) is 5.17. The van der Waals surface area contributed by atoms with E-state index in [0.29, 0.717) is 11.1 Å². The van der Waals surface area contributed by atoms with E-state index in [0.717, 1.165) is 41.6 Å². The van der Waals surface area contributed by atoms with Crippen LogP contribution in [0, 0.1) is 18.7 Å². The Kier molecular flexibility index (Phi) is 6.09. The quantitative estimate of drug-likeness (QED) is 0.553. The molecule has 2 N–H and O–H groups in total. The van der Waals surface area contributed by atoms with Gasteiger partial charge in [0, 0.05) is 23.9 Å². The molecule has 1 saturated heterocycles. The standard InChI is InChI=1S/C23H30FN5/c1-16-19(24)6-7-20-22(16)28-23(27-20)18-8-12-26-21(15-18)25-11-4-3-5-17-9-13-29(2)14-10-17/h6-8,12,15,17H,3-5,9-11,13-14H2,1-2H3,(H,25,26)(H,27,28). The molecule has 6 heteroatoms. The van der Waals surface area contributed by atoms with Gasteiger partial charge in [0.05, 0.1) is 11.0 Å². The maximum Gasteiger partial charge on any atom is 0.138 e. The number of hydrogen-bond acceptors (Lipinski definition) is 4. The molecule has 2 aromatic heterocycles. The summed E-state index contributed by atoms with van der Waals surface area (Å²) in [5, 5.41) is 3.43. The SMILES string of the molecule is Cc1c(F)ccc2[nH]c(-c3ccnc(NCCCCC4CCN(C)CC4)c3)nc12. The van der Waals surface area contributed by atoms with Gasteiger partial charge in [0.2, 0.25) is 0 Å². The Labute approximate surface area is 171 Å². The molecule has 3 heterocycles. The Morgan fingerprint density at radius 3 is 2.86 bits per heavy atom. The second-order valence-corrected chi connectivity index (χ2v) is 8.25. The van der Waals surface area contributed by atoms with Crippen molar-refractivity contribution in [3.63, 3.8) is 0 Å². The first-order valence-electron chi connectivity index (χ1n) is 10.6. The fourth-order valence-electron chi connectivity index (χ4n) is 4.12. The van der Waals surface area contributed by atoms with Crippen molar-refractivity contribution in [1.82, 2.24) is 19.9 Å². The number of H-pyrrole nitrogens is 1. The summed E-state index contributed by atoms with van der Waals surface area (Å²) >= 11 is 0. The largest absolute Gasteiger partial charge is 0.370 e. The summed E-state index contributed by atoms with van der Waals surface area (Å²) in [6.07, 6.45) is 8.22. The van der Waals surface area contributed by atoms with Crippen LogP contribution in [0.15, 0.2) is 30.5 Å². The zero-order valence-electron chi connectivity index (χ0n) is 17.3. The highest BCUT2D eigenvalue weighted by Crippen LogP contribution is 2.25. The molecule has 0 spiro atoms. The van der Waals surface area contributed by atoms with E-state index in [9.17, 15) is 4.39 Å². The molecule has 0 radical (unpaired) electrons. The molecule has 1 aliphatic rings. The summed E-state index contributed by atoms with van der Waals surface area (Å²) in [5.74, 6) is 2.26. The molecule has 1 aliphatic heterocycles. The maximum atomic E-state index is 13.8. The van der Waals surface area contributed by atoms with E-state index in [2.05, 4.69) is 32.2 Å². The molecular weight excluding hydrogens is 365 g/mol. The molecule has 0 aliphatic carbocycles. The van der Waals surface area contributed by atoms with Crippen molar-refractivity contribution in [2.75, 3.05) is 32.0 Å². The third-order valence-corrected chi connectivity index (χ3v) is 6.06. The topological polar surface area (TPSA) is 56.8 Å². The van der Waals surface area contributed by atoms with Gasteiger partial charge in [0.25, 0.3) is 0 Å². The molecule has 3 aromatic rings. The van der Waals surface area contributed by atoms with Crippen molar-refractivity contribution in [1.29, 1.82) is 0 Å². The predicted octanol–water partition coefficient (Wildman–Crippen LogP) is 5.00. The van der Waals surface area contributed by atoms with Gasteiger partial charge < -0.3 is 15.2 Å². The number of aromatic nitrogens is 3. The second kappa shape index (κ2) is 8.91. The van der Waals surface area contributed by atoms with Gasteiger partial charge in [0.1, 0.15) is 17.5 Å². The van der Waals surface area contributed by atoms with Gasteiger partial charge in [-0.25, -0.2) is 14.4 Å². The number of nitrogens with one attached hydrogen (secondary N) is 2. The van der Waals surface area contributed by atoms with E-state index in [1.54, 1.807) is 19.2 Å². The summed E-state index contributed by atoms with van der Waals surface area (Å²) in [5.41, 5.74) is 3.05. The molecule has 0 amide bonds. The van der Waals surface area contributed by atoms with Gasteiger partial charge in [-0.1, -0.05) is 12.8 Å². The minimum Gasteiger partial charge on any atom is -0.370 e. The molecule has 1 aromatic carbocycles. The molecule has 4 rings (SSSR count). The molecular formula is C23H30FN5. The van der Waals surface area contributed by atoms with Crippen LogP contribution in [-0.4, -0.2) is 46.5 Å². The van der Waals surface area contributed by atoms with Crippen LogP contribution >= 0.6 is 0 Å². The molecule has 0 unspecified atom stereocenters. The van der Waals surface area contributed by atoms with E-state index < -0.39 is 0 Å². The predicted molar refractivity (Wildman–Crippen MR) is 117 cm³/mol. The number of halogens is 1. The summed E-state index contributed by atoms with van der Waals surface area (Å²) < 4.78 is 13.8. The highest BCUT2D eigenvalue weighted by atomic mass is 19.1. The Hall–Kier alpha value is -2.47. The smallest absolute Gasteiger partial charge is 0.138 e. The van der Waals surface area contributed by atoms with Crippen LogP contribution in [-0.2, 0) is 0 Å². The summed E-state index contributed by atoms with van der Waals surface area (Å²) in [7, 11) is 2.21. The Morgan fingerprint density at radius 1 is 1.21 bits per heavy atom. The lowest BCUT2D eigenvalue weighted by molar-refractivity contribution is 0.210. The van der Waals surface area contributed by atoms with Crippen LogP contribution in [0.2, 0.25) is 0 Å². The average molecular weight is 396 g/mol. The number of nitrogens with zero attached hydrogens (tertiary/aromatic N) is 3. The van der Waals surface area contributed by atoms with Crippen molar-refractivity contribution in [3.05, 3.63) is 41.8 Å². The van der Waals surface area contributed by atoms with E-state index in [1.807, 2.05) is 12.1 Å². The van der Waals surface area contributed by atoms with Crippen molar-refractivity contribution >= 4 is 16.9 Å².